The molecule has 0 bridgehead atoms. The van der Waals surface area contributed by atoms with Gasteiger partial charge in [0, 0.05) is 12.0 Å². The Morgan fingerprint density at radius 2 is 1.88 bits per heavy atom. The van der Waals surface area contributed by atoms with Crippen molar-refractivity contribution in [3.05, 3.63) is 42.2 Å². The van der Waals surface area contributed by atoms with Crippen molar-refractivity contribution in [2.24, 2.45) is 11.8 Å². The summed E-state index contributed by atoms with van der Waals surface area (Å²) in [6.07, 6.45) is 9.31. The standard InChI is InChI=1S/C22H29N3O/c1-16(2)13-19-22(25-21(26)14-17-9-5-3-6-10-17)23-15-20(24-19)18-11-7-4-8-12-18/h4,7-8,11-12,15-17H,3,5-6,9-10,13-14H2,1-2H3,(H,23,25,26). The molecule has 4 heteroatoms. The number of benzene rings is 1. The van der Waals surface area contributed by atoms with Crippen molar-refractivity contribution < 1.29 is 4.79 Å². The molecule has 1 aromatic carbocycles. The monoisotopic (exact) mass is 351 g/mol. The van der Waals surface area contributed by atoms with Crippen LogP contribution in [0.2, 0.25) is 0 Å². The molecule has 1 aliphatic rings. The van der Waals surface area contributed by atoms with E-state index in [1.54, 1.807) is 6.20 Å². The molecule has 3 rings (SSSR count). The van der Waals surface area contributed by atoms with Crippen LogP contribution in [-0.2, 0) is 11.2 Å². The molecule has 0 radical (unpaired) electrons. The van der Waals surface area contributed by atoms with Gasteiger partial charge in [0.05, 0.1) is 17.6 Å². The Morgan fingerprint density at radius 3 is 2.58 bits per heavy atom. The lowest BCUT2D eigenvalue weighted by molar-refractivity contribution is -0.117. The number of carbonyl (C=O) groups excluding carboxylic acids is 1. The number of hydrogen-bond acceptors (Lipinski definition) is 3. The van der Waals surface area contributed by atoms with Crippen LogP contribution < -0.4 is 5.32 Å². The minimum Gasteiger partial charge on any atom is -0.309 e. The van der Waals surface area contributed by atoms with E-state index in [9.17, 15) is 4.79 Å². The first-order valence-electron chi connectivity index (χ1n) is 9.83. The Balaban J connectivity index is 1.75. The molecule has 1 heterocycles. The van der Waals surface area contributed by atoms with Crippen LogP contribution in [-0.4, -0.2) is 15.9 Å². The van der Waals surface area contributed by atoms with Gasteiger partial charge >= 0.3 is 0 Å². The highest BCUT2D eigenvalue weighted by Crippen LogP contribution is 2.27. The van der Waals surface area contributed by atoms with Crippen LogP contribution in [0.4, 0.5) is 5.82 Å². The summed E-state index contributed by atoms with van der Waals surface area (Å²) < 4.78 is 0. The summed E-state index contributed by atoms with van der Waals surface area (Å²) in [5, 5.41) is 3.03. The number of nitrogens with zero attached hydrogens (tertiary/aromatic N) is 2. The maximum Gasteiger partial charge on any atom is 0.225 e. The van der Waals surface area contributed by atoms with Gasteiger partial charge in [0.15, 0.2) is 5.82 Å². The van der Waals surface area contributed by atoms with Crippen LogP contribution in [0.25, 0.3) is 11.3 Å². The number of amides is 1. The summed E-state index contributed by atoms with van der Waals surface area (Å²) >= 11 is 0. The molecule has 0 unspecified atom stereocenters. The third-order valence-electron chi connectivity index (χ3n) is 4.97. The summed E-state index contributed by atoms with van der Waals surface area (Å²) in [6, 6.07) is 10.1. The summed E-state index contributed by atoms with van der Waals surface area (Å²) in [4.78, 5) is 21.8. The molecule has 1 N–H and O–H groups in total. The Bertz CT molecular complexity index is 721. The van der Waals surface area contributed by atoms with Crippen molar-refractivity contribution in [3.63, 3.8) is 0 Å². The average Bonchev–Trinajstić information content (AvgIpc) is 2.64. The van der Waals surface area contributed by atoms with Crippen molar-refractivity contribution in [1.29, 1.82) is 0 Å². The average molecular weight is 351 g/mol. The van der Waals surface area contributed by atoms with E-state index < -0.39 is 0 Å². The summed E-state index contributed by atoms with van der Waals surface area (Å²) in [7, 11) is 0. The van der Waals surface area contributed by atoms with Crippen LogP contribution >= 0.6 is 0 Å². The molecule has 4 nitrogen and oxygen atoms in total. The van der Waals surface area contributed by atoms with E-state index in [0.717, 1.165) is 23.4 Å². The molecule has 26 heavy (non-hydrogen) atoms. The van der Waals surface area contributed by atoms with Gasteiger partial charge in [-0.3, -0.25) is 4.79 Å². The fraction of sp³-hybridized carbons (Fsp3) is 0.500. The van der Waals surface area contributed by atoms with Crippen molar-refractivity contribution in [2.75, 3.05) is 5.32 Å². The molecular formula is C22H29N3O. The van der Waals surface area contributed by atoms with E-state index in [0.29, 0.717) is 24.1 Å². The van der Waals surface area contributed by atoms with Crippen molar-refractivity contribution >= 4 is 11.7 Å². The largest absolute Gasteiger partial charge is 0.309 e. The van der Waals surface area contributed by atoms with E-state index in [4.69, 9.17) is 4.98 Å². The zero-order valence-corrected chi connectivity index (χ0v) is 15.9. The first-order chi connectivity index (χ1) is 12.6. The zero-order valence-electron chi connectivity index (χ0n) is 15.9. The summed E-state index contributed by atoms with van der Waals surface area (Å²) in [5.74, 6) is 1.67. The number of carbonyl (C=O) groups is 1. The first-order valence-corrected chi connectivity index (χ1v) is 9.83. The molecular weight excluding hydrogens is 322 g/mol. The van der Waals surface area contributed by atoms with Gasteiger partial charge < -0.3 is 5.32 Å². The number of nitrogens with one attached hydrogen (secondary N) is 1. The molecule has 0 atom stereocenters. The molecule has 0 spiro atoms. The van der Waals surface area contributed by atoms with Gasteiger partial charge in [0.25, 0.3) is 0 Å². The Hall–Kier alpha value is -2.23. The van der Waals surface area contributed by atoms with Gasteiger partial charge in [-0.05, 0) is 31.1 Å². The van der Waals surface area contributed by atoms with Crippen LogP contribution in [0, 0.1) is 11.8 Å². The molecule has 138 valence electrons. The van der Waals surface area contributed by atoms with E-state index in [-0.39, 0.29) is 5.91 Å². The van der Waals surface area contributed by atoms with Gasteiger partial charge in [0.1, 0.15) is 0 Å². The second-order valence-electron chi connectivity index (χ2n) is 7.77. The topological polar surface area (TPSA) is 54.9 Å². The van der Waals surface area contributed by atoms with Crippen molar-refractivity contribution in [3.8, 4) is 11.3 Å². The van der Waals surface area contributed by atoms with Crippen molar-refractivity contribution in [2.45, 2.75) is 58.8 Å². The van der Waals surface area contributed by atoms with Crippen molar-refractivity contribution in [1.82, 2.24) is 9.97 Å². The lowest BCUT2D eigenvalue weighted by atomic mass is 9.87. The van der Waals surface area contributed by atoms with Gasteiger partial charge in [-0.15, -0.1) is 0 Å². The lowest BCUT2D eigenvalue weighted by Gasteiger charge is -2.21. The number of anilines is 1. The molecule has 1 amide bonds. The predicted octanol–water partition coefficient (Wildman–Crippen LogP) is 5.25. The summed E-state index contributed by atoms with van der Waals surface area (Å²) in [6.45, 7) is 4.31. The molecule has 1 saturated carbocycles. The molecule has 2 aromatic rings. The highest BCUT2D eigenvalue weighted by atomic mass is 16.1. The van der Waals surface area contributed by atoms with E-state index in [1.807, 2.05) is 30.3 Å². The Labute approximate surface area is 156 Å². The first kappa shape index (κ1) is 18.6. The second kappa shape index (κ2) is 8.93. The highest BCUT2D eigenvalue weighted by molar-refractivity contribution is 5.90. The van der Waals surface area contributed by atoms with Gasteiger partial charge in [0.2, 0.25) is 5.91 Å². The zero-order chi connectivity index (χ0) is 18.4. The van der Waals surface area contributed by atoms with Gasteiger partial charge in [-0.1, -0.05) is 63.4 Å². The maximum absolute atomic E-state index is 12.5. The molecule has 1 fully saturated rings. The quantitative estimate of drug-likeness (QED) is 0.773. The third kappa shape index (κ3) is 5.13. The van der Waals surface area contributed by atoms with Crippen LogP contribution in [0.1, 0.15) is 58.1 Å². The third-order valence-corrected chi connectivity index (χ3v) is 4.97. The van der Waals surface area contributed by atoms with Gasteiger partial charge in [-0.2, -0.15) is 0 Å². The Morgan fingerprint density at radius 1 is 1.15 bits per heavy atom. The SMILES string of the molecule is CC(C)Cc1nc(-c2ccccc2)cnc1NC(=O)CC1CCCCC1. The van der Waals surface area contributed by atoms with E-state index in [2.05, 4.69) is 24.1 Å². The fourth-order valence-corrected chi connectivity index (χ4v) is 3.65. The van der Waals surface area contributed by atoms with Crippen LogP contribution in [0.5, 0.6) is 0 Å². The van der Waals surface area contributed by atoms with Crippen LogP contribution in [0.15, 0.2) is 36.5 Å². The number of hydrogen-bond donors (Lipinski definition) is 1. The second-order valence-corrected chi connectivity index (χ2v) is 7.77. The number of rotatable bonds is 6. The Kier molecular flexibility index (Phi) is 6.37. The maximum atomic E-state index is 12.5. The van der Waals surface area contributed by atoms with E-state index >= 15 is 0 Å². The minimum absolute atomic E-state index is 0.0728. The fourth-order valence-electron chi connectivity index (χ4n) is 3.65. The predicted molar refractivity (Wildman–Crippen MR) is 106 cm³/mol. The van der Waals surface area contributed by atoms with Gasteiger partial charge in [-0.25, -0.2) is 9.97 Å². The molecule has 1 aliphatic carbocycles. The minimum atomic E-state index is 0.0728. The molecule has 0 saturated heterocycles. The molecule has 0 aliphatic heterocycles. The normalized spacial score (nSPS) is 15.2. The molecule has 1 aromatic heterocycles. The highest BCUT2D eigenvalue weighted by Gasteiger charge is 2.19. The van der Waals surface area contributed by atoms with E-state index in [1.165, 1.54) is 32.1 Å². The number of aromatic nitrogens is 2. The summed E-state index contributed by atoms with van der Waals surface area (Å²) in [5.41, 5.74) is 2.77. The lowest BCUT2D eigenvalue weighted by Crippen LogP contribution is -2.20. The van der Waals surface area contributed by atoms with Crippen LogP contribution in [0.3, 0.4) is 0 Å². The smallest absolute Gasteiger partial charge is 0.225 e.